The largest absolute Gasteiger partial charge is 0.508 e. The summed E-state index contributed by atoms with van der Waals surface area (Å²) in [5.74, 6) is -24.1. The lowest BCUT2D eigenvalue weighted by molar-refractivity contribution is -0.527. The number of aromatic hydroxyl groups is 6. The molecule has 0 aliphatic heterocycles. The highest BCUT2D eigenvalue weighted by molar-refractivity contribution is 5.69. The number of phenols is 6. The Hall–Kier alpha value is -7.37. The van der Waals surface area contributed by atoms with Gasteiger partial charge in [0.1, 0.15) is 51.7 Å². The number of alkyl halides is 6. The van der Waals surface area contributed by atoms with Crippen molar-refractivity contribution in [3.8, 4) is 85.1 Å². The Labute approximate surface area is 332 Å². The lowest BCUT2D eigenvalue weighted by atomic mass is 9.76. The average Bonchev–Trinajstić information content (AvgIpc) is 3.17. The number of halogens is 9. The normalized spacial score (nSPS) is 18.6. The summed E-state index contributed by atoms with van der Waals surface area (Å²) in [4.78, 5) is 0. The van der Waals surface area contributed by atoms with E-state index in [4.69, 9.17) is 0 Å². The van der Waals surface area contributed by atoms with Crippen molar-refractivity contribution in [3.63, 3.8) is 0 Å². The van der Waals surface area contributed by atoms with Gasteiger partial charge in [-0.1, -0.05) is 36.4 Å². The summed E-state index contributed by atoms with van der Waals surface area (Å²) in [5.41, 5.74) is 2.23. The Morgan fingerprint density at radius 1 is 0.350 bits per heavy atom. The number of benzene rings is 6. The maximum atomic E-state index is 15.5. The van der Waals surface area contributed by atoms with Crippen molar-refractivity contribution < 1.29 is 84.4 Å². The van der Waals surface area contributed by atoms with Crippen LogP contribution in [0.3, 0.4) is 0 Å². The van der Waals surface area contributed by atoms with Crippen LogP contribution < -0.4 is 14.2 Å². The maximum absolute atomic E-state index is 15.5. The van der Waals surface area contributed by atoms with Gasteiger partial charge >= 0.3 is 35.6 Å². The molecule has 18 heteroatoms. The molecule has 1 saturated carbocycles. The van der Waals surface area contributed by atoms with Crippen molar-refractivity contribution in [1.29, 1.82) is 0 Å². The van der Waals surface area contributed by atoms with Crippen molar-refractivity contribution in [2.45, 2.75) is 23.6 Å². The van der Waals surface area contributed by atoms with Crippen LogP contribution in [0.25, 0.3) is 33.4 Å². The van der Waals surface area contributed by atoms with Crippen LogP contribution in [0.5, 0.6) is 51.7 Å². The number of hydrogen-bond acceptors (Lipinski definition) is 9. The molecular weight excluding hydrogens is 819 g/mol. The maximum Gasteiger partial charge on any atom is 0.395 e. The Morgan fingerprint density at radius 3 is 0.850 bits per heavy atom. The third-order valence-corrected chi connectivity index (χ3v) is 8.76. The fraction of sp³-hybridized carbons (Fsp3) is 0.0952. The fourth-order valence-electron chi connectivity index (χ4n) is 5.90. The minimum absolute atomic E-state index is 0.0941. The molecular formula is C42H27F9O9. The summed E-state index contributed by atoms with van der Waals surface area (Å²) in [6.45, 7) is 0. The second-order valence-electron chi connectivity index (χ2n) is 13.0. The molecule has 2 unspecified atom stereocenters. The zero-order valence-electron chi connectivity index (χ0n) is 29.9. The van der Waals surface area contributed by atoms with Gasteiger partial charge in [-0.25, -0.2) is 0 Å². The SMILES string of the molecule is Oc1cc(O)cc(-c2ccc(OC(F)=C(F)F)cc2)c1.Oc1cc(O)cc(-c2ccc(OC3(F)C(F)(F)C(F)(F)C3(F)Oc3ccc(-c4cc(O)cc(O)c4)cc3)cc2)c1. The molecule has 1 aliphatic rings. The summed E-state index contributed by atoms with van der Waals surface area (Å²) in [6.07, 6.45) is -2.54. The van der Waals surface area contributed by atoms with E-state index < -0.39 is 47.1 Å². The molecule has 0 spiro atoms. The highest BCUT2D eigenvalue weighted by atomic mass is 19.3. The van der Waals surface area contributed by atoms with Crippen molar-refractivity contribution in [2.75, 3.05) is 0 Å². The van der Waals surface area contributed by atoms with E-state index in [0.29, 0.717) is 22.3 Å². The van der Waals surface area contributed by atoms with Crippen molar-refractivity contribution >= 4 is 0 Å². The minimum Gasteiger partial charge on any atom is -0.508 e. The van der Waals surface area contributed by atoms with Crippen LogP contribution >= 0.6 is 0 Å². The fourth-order valence-corrected chi connectivity index (χ4v) is 5.90. The molecule has 0 radical (unpaired) electrons. The number of phenolic OH excluding ortho intramolecular Hbond substituents is 6. The Bertz CT molecular complexity index is 2370. The smallest absolute Gasteiger partial charge is 0.395 e. The van der Waals surface area contributed by atoms with Crippen LogP contribution in [0.4, 0.5) is 39.5 Å². The second-order valence-corrected chi connectivity index (χ2v) is 13.0. The van der Waals surface area contributed by atoms with Gasteiger partial charge in [-0.3, -0.25) is 0 Å². The van der Waals surface area contributed by atoms with Crippen LogP contribution in [0.1, 0.15) is 0 Å². The van der Waals surface area contributed by atoms with Crippen LogP contribution in [-0.4, -0.2) is 54.2 Å². The molecule has 60 heavy (non-hydrogen) atoms. The molecule has 0 saturated heterocycles. The molecule has 7 rings (SSSR count). The minimum atomic E-state index is -5.64. The molecule has 9 nitrogen and oxygen atoms in total. The molecule has 0 aromatic heterocycles. The first-order chi connectivity index (χ1) is 28.1. The van der Waals surface area contributed by atoms with Gasteiger partial charge in [-0.05, 0) is 106 Å². The predicted octanol–water partition coefficient (Wildman–Crippen LogP) is 11.1. The van der Waals surface area contributed by atoms with Gasteiger partial charge in [0, 0.05) is 18.2 Å². The first-order valence-corrected chi connectivity index (χ1v) is 16.9. The number of ether oxygens (including phenoxy) is 3. The summed E-state index contributed by atoms with van der Waals surface area (Å²) >= 11 is 0. The zero-order valence-corrected chi connectivity index (χ0v) is 29.9. The Kier molecular flexibility index (Phi) is 11.1. The van der Waals surface area contributed by atoms with Gasteiger partial charge < -0.3 is 44.8 Å². The molecule has 1 fully saturated rings. The van der Waals surface area contributed by atoms with Gasteiger partial charge in [0.25, 0.3) is 0 Å². The van der Waals surface area contributed by atoms with E-state index in [9.17, 15) is 61.4 Å². The molecule has 312 valence electrons. The molecule has 6 aromatic carbocycles. The van der Waals surface area contributed by atoms with E-state index >= 15 is 8.78 Å². The first kappa shape index (κ1) is 42.2. The summed E-state index contributed by atoms with van der Waals surface area (Å²) in [7, 11) is 0. The Balaban J connectivity index is 0.000000253. The van der Waals surface area contributed by atoms with Crippen molar-refractivity contribution in [2.24, 2.45) is 0 Å². The van der Waals surface area contributed by atoms with Crippen molar-refractivity contribution in [3.05, 3.63) is 139 Å². The van der Waals surface area contributed by atoms with Gasteiger partial charge in [-0.15, -0.1) is 0 Å². The summed E-state index contributed by atoms with van der Waals surface area (Å²) in [5, 5.41) is 57.2. The zero-order chi connectivity index (χ0) is 43.8. The first-order valence-electron chi connectivity index (χ1n) is 16.9. The summed E-state index contributed by atoms with van der Waals surface area (Å²) in [6, 6.07) is 23.1. The van der Waals surface area contributed by atoms with E-state index in [1.165, 1.54) is 91.0 Å². The van der Waals surface area contributed by atoms with Gasteiger partial charge in [-0.2, -0.15) is 39.5 Å². The predicted molar refractivity (Wildman–Crippen MR) is 195 cm³/mol. The number of hydrogen-bond donors (Lipinski definition) is 6. The highest BCUT2D eigenvalue weighted by Gasteiger charge is 3.03. The lowest BCUT2D eigenvalue weighted by Gasteiger charge is -2.55. The standard InChI is InChI=1S/C28H18F6O6.C14H9F3O3/c29-25(30)26(31,32)28(34,40-24-7-3-16(4-8-24)18-11-21(37)14-22(38)12-18)27(25,33)39-23-5-1-15(2-6-23)17-9-19(35)13-20(36)10-17;15-13(16)14(17)20-12-3-1-8(2-4-12)9-5-10(18)7-11(19)6-9/h1-14,35-38H;1-7,18-19H. The molecule has 0 amide bonds. The highest BCUT2D eigenvalue weighted by Crippen LogP contribution is 2.68. The third kappa shape index (κ3) is 8.03. The van der Waals surface area contributed by atoms with Crippen LogP contribution in [0.15, 0.2) is 139 Å². The second kappa shape index (κ2) is 15.8. The van der Waals surface area contributed by atoms with Crippen molar-refractivity contribution in [1.82, 2.24) is 0 Å². The summed E-state index contributed by atoms with van der Waals surface area (Å²) < 4.78 is 138. The molecule has 6 N–H and O–H groups in total. The van der Waals surface area contributed by atoms with Gasteiger partial charge in [0.05, 0.1) is 0 Å². The molecule has 2 atom stereocenters. The quantitative estimate of drug-likeness (QED) is 0.0618. The average molecular weight is 847 g/mol. The van der Waals surface area contributed by atoms with Crippen LogP contribution in [0.2, 0.25) is 0 Å². The van der Waals surface area contributed by atoms with Crippen LogP contribution in [0, 0.1) is 0 Å². The molecule has 6 aromatic rings. The molecule has 0 heterocycles. The molecule has 1 aliphatic carbocycles. The lowest BCUT2D eigenvalue weighted by Crippen LogP contribution is -2.89. The van der Waals surface area contributed by atoms with E-state index in [2.05, 4.69) is 14.2 Å². The topological polar surface area (TPSA) is 149 Å². The van der Waals surface area contributed by atoms with E-state index in [1.807, 2.05) is 0 Å². The van der Waals surface area contributed by atoms with E-state index in [1.54, 1.807) is 0 Å². The monoisotopic (exact) mass is 846 g/mol. The number of rotatable bonds is 9. The third-order valence-electron chi connectivity index (χ3n) is 8.76. The van der Waals surface area contributed by atoms with Gasteiger partial charge in [0.2, 0.25) is 0 Å². The van der Waals surface area contributed by atoms with E-state index in [0.717, 1.165) is 36.4 Å². The Morgan fingerprint density at radius 2 is 0.600 bits per heavy atom. The van der Waals surface area contributed by atoms with Crippen LogP contribution in [-0.2, 0) is 0 Å². The van der Waals surface area contributed by atoms with Gasteiger partial charge in [0.15, 0.2) is 0 Å². The molecule has 0 bridgehead atoms. The van der Waals surface area contributed by atoms with E-state index in [-0.39, 0.29) is 51.4 Å².